The molecule has 1 fully saturated rings. The maximum atomic E-state index is 6.37. The van der Waals surface area contributed by atoms with Gasteiger partial charge in [-0.05, 0) is 25.2 Å². The average molecular weight is 207 g/mol. The molecule has 1 aliphatic rings. The highest BCUT2D eigenvalue weighted by Crippen LogP contribution is 2.45. The molecular weight excluding hydrogens is 186 g/mol. The van der Waals surface area contributed by atoms with Gasteiger partial charge in [-0.2, -0.15) is 0 Å². The van der Waals surface area contributed by atoms with Crippen molar-refractivity contribution in [2.24, 2.45) is 11.1 Å². The van der Waals surface area contributed by atoms with Crippen LogP contribution in [0.1, 0.15) is 51.4 Å². The lowest BCUT2D eigenvalue weighted by Crippen LogP contribution is -2.31. The molecule has 1 saturated carbocycles. The number of aromatic nitrogens is 2. The van der Waals surface area contributed by atoms with E-state index >= 15 is 0 Å². The Labute approximate surface area is 91.7 Å². The second-order valence-electron chi connectivity index (χ2n) is 4.91. The predicted octanol–water partition coefficient (Wildman–Crippen LogP) is 2.48. The summed E-state index contributed by atoms with van der Waals surface area (Å²) in [5, 5.41) is 0. The van der Waals surface area contributed by atoms with E-state index in [4.69, 9.17) is 5.73 Å². The monoisotopic (exact) mass is 207 g/mol. The number of hydrogen-bond donors (Lipinski definition) is 1. The van der Waals surface area contributed by atoms with Crippen LogP contribution in [0.4, 0.5) is 0 Å². The fraction of sp³-hybridized carbons (Fsp3) is 0.750. The van der Waals surface area contributed by atoms with E-state index in [-0.39, 0.29) is 11.5 Å². The first-order chi connectivity index (χ1) is 7.17. The molecule has 0 aromatic carbocycles. The van der Waals surface area contributed by atoms with E-state index in [0.717, 1.165) is 12.4 Å². The molecule has 2 N–H and O–H groups in total. The Hall–Kier alpha value is -0.830. The lowest BCUT2D eigenvalue weighted by atomic mass is 9.80. The summed E-state index contributed by atoms with van der Waals surface area (Å²) in [5.74, 6) is 1.06. The van der Waals surface area contributed by atoms with E-state index < -0.39 is 0 Å². The van der Waals surface area contributed by atoms with E-state index in [9.17, 15) is 0 Å². The van der Waals surface area contributed by atoms with Gasteiger partial charge in [-0.3, -0.25) is 0 Å². The highest BCUT2D eigenvalue weighted by Gasteiger charge is 2.37. The van der Waals surface area contributed by atoms with E-state index in [1.165, 1.54) is 25.7 Å². The summed E-state index contributed by atoms with van der Waals surface area (Å²) < 4.78 is 2.16. The van der Waals surface area contributed by atoms with Crippen molar-refractivity contribution in [3.8, 4) is 0 Å². The topological polar surface area (TPSA) is 43.8 Å². The van der Waals surface area contributed by atoms with Crippen molar-refractivity contribution < 1.29 is 0 Å². The quantitative estimate of drug-likeness (QED) is 0.827. The molecular formula is C12H21N3. The van der Waals surface area contributed by atoms with E-state index in [2.05, 4.69) is 23.4 Å². The van der Waals surface area contributed by atoms with Gasteiger partial charge in [0.05, 0.1) is 6.04 Å². The lowest BCUT2D eigenvalue weighted by Gasteiger charge is -2.30. The molecule has 0 amide bonds. The van der Waals surface area contributed by atoms with Gasteiger partial charge < -0.3 is 10.3 Å². The van der Waals surface area contributed by atoms with Crippen molar-refractivity contribution in [1.29, 1.82) is 0 Å². The fourth-order valence-corrected chi connectivity index (χ4v) is 2.67. The minimum Gasteiger partial charge on any atom is -0.334 e. The molecule has 2 rings (SSSR count). The summed E-state index contributed by atoms with van der Waals surface area (Å²) in [4.78, 5) is 4.41. The third kappa shape index (κ3) is 1.81. The van der Waals surface area contributed by atoms with Gasteiger partial charge in [0.25, 0.3) is 0 Å². The smallest absolute Gasteiger partial charge is 0.126 e. The van der Waals surface area contributed by atoms with Gasteiger partial charge in [-0.25, -0.2) is 4.98 Å². The fourth-order valence-electron chi connectivity index (χ4n) is 2.67. The summed E-state index contributed by atoms with van der Waals surface area (Å²) in [6.07, 6.45) is 8.99. The summed E-state index contributed by atoms with van der Waals surface area (Å²) in [6, 6.07) is 0.0925. The molecule has 1 aliphatic carbocycles. The first-order valence-electron chi connectivity index (χ1n) is 5.94. The van der Waals surface area contributed by atoms with Crippen molar-refractivity contribution >= 4 is 0 Å². The first-order valence-corrected chi connectivity index (χ1v) is 5.94. The number of rotatable bonds is 3. The Kier molecular flexibility index (Phi) is 2.83. The van der Waals surface area contributed by atoms with E-state index in [0.29, 0.717) is 0 Å². The Bertz CT molecular complexity index is 323. The third-order valence-corrected chi connectivity index (χ3v) is 3.86. The van der Waals surface area contributed by atoms with Gasteiger partial charge in [0.1, 0.15) is 5.82 Å². The van der Waals surface area contributed by atoms with Gasteiger partial charge in [-0.1, -0.05) is 19.8 Å². The minimum absolute atomic E-state index is 0.0925. The largest absolute Gasteiger partial charge is 0.334 e. The van der Waals surface area contributed by atoms with Crippen molar-refractivity contribution in [2.45, 2.75) is 52.1 Å². The van der Waals surface area contributed by atoms with Crippen LogP contribution in [-0.2, 0) is 6.54 Å². The Balaban J connectivity index is 2.23. The van der Waals surface area contributed by atoms with Crippen LogP contribution in [0.5, 0.6) is 0 Å². The molecule has 0 bridgehead atoms. The van der Waals surface area contributed by atoms with Crippen LogP contribution in [0.25, 0.3) is 0 Å². The van der Waals surface area contributed by atoms with Gasteiger partial charge in [-0.15, -0.1) is 0 Å². The first kappa shape index (κ1) is 10.7. The van der Waals surface area contributed by atoms with Crippen LogP contribution in [0.3, 0.4) is 0 Å². The highest BCUT2D eigenvalue weighted by atomic mass is 15.1. The Morgan fingerprint density at radius 1 is 1.53 bits per heavy atom. The van der Waals surface area contributed by atoms with E-state index in [1.54, 1.807) is 0 Å². The molecule has 1 heterocycles. The molecule has 1 atom stereocenters. The lowest BCUT2D eigenvalue weighted by molar-refractivity contribution is 0.252. The Morgan fingerprint density at radius 3 is 2.80 bits per heavy atom. The molecule has 1 aromatic heterocycles. The molecule has 0 radical (unpaired) electrons. The molecule has 0 saturated heterocycles. The zero-order chi connectivity index (χ0) is 10.9. The molecule has 1 unspecified atom stereocenters. The number of nitrogens with two attached hydrogens (primary N) is 1. The average Bonchev–Trinajstić information content (AvgIpc) is 2.85. The van der Waals surface area contributed by atoms with Gasteiger partial charge in [0.15, 0.2) is 0 Å². The van der Waals surface area contributed by atoms with Crippen LogP contribution < -0.4 is 5.73 Å². The van der Waals surface area contributed by atoms with Gasteiger partial charge in [0, 0.05) is 18.9 Å². The zero-order valence-electron chi connectivity index (χ0n) is 9.74. The molecule has 0 aliphatic heterocycles. The second kappa shape index (κ2) is 3.97. The van der Waals surface area contributed by atoms with Gasteiger partial charge >= 0.3 is 0 Å². The second-order valence-corrected chi connectivity index (χ2v) is 4.91. The summed E-state index contributed by atoms with van der Waals surface area (Å²) in [6.45, 7) is 5.40. The minimum atomic E-state index is 0.0925. The van der Waals surface area contributed by atoms with Crippen molar-refractivity contribution in [3.05, 3.63) is 18.2 Å². The number of aryl methyl sites for hydroxylation is 1. The zero-order valence-corrected chi connectivity index (χ0v) is 9.74. The van der Waals surface area contributed by atoms with Crippen LogP contribution in [-0.4, -0.2) is 9.55 Å². The molecule has 1 aromatic rings. The van der Waals surface area contributed by atoms with Crippen molar-refractivity contribution in [3.63, 3.8) is 0 Å². The van der Waals surface area contributed by atoms with Gasteiger partial charge in [0.2, 0.25) is 0 Å². The standard InChI is InChI=1S/C12H21N3/c1-3-15-9-8-14-11(15)10(13)12(2)6-4-5-7-12/h8-10H,3-7,13H2,1-2H3. The van der Waals surface area contributed by atoms with E-state index in [1.807, 2.05) is 12.4 Å². The van der Waals surface area contributed by atoms with Crippen LogP contribution in [0.15, 0.2) is 12.4 Å². The molecule has 3 nitrogen and oxygen atoms in total. The summed E-state index contributed by atoms with van der Waals surface area (Å²) in [5.41, 5.74) is 6.63. The predicted molar refractivity (Wildman–Crippen MR) is 61.4 cm³/mol. The molecule has 15 heavy (non-hydrogen) atoms. The molecule has 0 spiro atoms. The number of imidazole rings is 1. The van der Waals surface area contributed by atoms with Crippen molar-refractivity contribution in [1.82, 2.24) is 9.55 Å². The maximum absolute atomic E-state index is 6.37. The van der Waals surface area contributed by atoms with Crippen LogP contribution in [0.2, 0.25) is 0 Å². The van der Waals surface area contributed by atoms with Crippen LogP contribution in [0, 0.1) is 5.41 Å². The van der Waals surface area contributed by atoms with Crippen LogP contribution >= 0.6 is 0 Å². The SMILES string of the molecule is CCn1ccnc1C(N)C1(C)CCCC1. The number of hydrogen-bond acceptors (Lipinski definition) is 2. The maximum Gasteiger partial charge on any atom is 0.126 e. The molecule has 3 heteroatoms. The highest BCUT2D eigenvalue weighted by molar-refractivity contribution is 5.05. The number of nitrogens with zero attached hydrogens (tertiary/aromatic N) is 2. The summed E-state index contributed by atoms with van der Waals surface area (Å²) >= 11 is 0. The normalized spacial score (nSPS) is 21.8. The molecule has 84 valence electrons. The van der Waals surface area contributed by atoms with Crippen molar-refractivity contribution in [2.75, 3.05) is 0 Å². The summed E-state index contributed by atoms with van der Waals surface area (Å²) in [7, 11) is 0. The third-order valence-electron chi connectivity index (χ3n) is 3.86. The Morgan fingerprint density at radius 2 is 2.20 bits per heavy atom.